The summed E-state index contributed by atoms with van der Waals surface area (Å²) >= 11 is 7.04. The molecule has 8 nitrogen and oxygen atoms in total. The van der Waals surface area contributed by atoms with E-state index in [0.717, 1.165) is 5.56 Å². The van der Waals surface area contributed by atoms with Crippen molar-refractivity contribution in [1.82, 2.24) is 24.9 Å². The van der Waals surface area contributed by atoms with Crippen LogP contribution in [0, 0.1) is 0 Å². The first-order chi connectivity index (χ1) is 13.6. The number of carbonyl (C=O) groups is 1. The highest BCUT2D eigenvalue weighted by Crippen LogP contribution is 2.21. The van der Waals surface area contributed by atoms with Crippen LogP contribution in [0.4, 0.5) is 0 Å². The molecule has 3 heterocycles. The minimum atomic E-state index is -0.306. The molecule has 4 aromatic rings. The smallest absolute Gasteiger partial charge is 0.266 e. The summed E-state index contributed by atoms with van der Waals surface area (Å²) < 4.78 is 6.78. The van der Waals surface area contributed by atoms with Gasteiger partial charge in [0.15, 0.2) is 22.4 Å². The number of H-pyrrole nitrogens is 1. The fourth-order valence-electron chi connectivity index (χ4n) is 2.48. The van der Waals surface area contributed by atoms with E-state index in [2.05, 4.69) is 20.4 Å². The molecular weight excluding hydrogens is 402 g/mol. The maximum Gasteiger partial charge on any atom is 0.266 e. The second-order valence-corrected chi connectivity index (χ2v) is 7.19. The largest absolute Gasteiger partial charge is 0.461 e. The number of nitrogens with one attached hydrogen (secondary N) is 2. The first-order valence-electron chi connectivity index (χ1n) is 8.26. The monoisotopic (exact) mass is 415 g/mol. The van der Waals surface area contributed by atoms with Crippen LogP contribution >= 0.6 is 23.4 Å². The molecule has 1 amide bonds. The maximum atomic E-state index is 12.2. The van der Waals surface area contributed by atoms with Crippen molar-refractivity contribution >= 4 is 34.9 Å². The normalized spacial score (nSPS) is 11.0. The van der Waals surface area contributed by atoms with Crippen molar-refractivity contribution in [3.05, 3.63) is 69.7 Å². The van der Waals surface area contributed by atoms with E-state index in [9.17, 15) is 9.59 Å². The van der Waals surface area contributed by atoms with Crippen molar-refractivity contribution in [2.24, 2.45) is 0 Å². The summed E-state index contributed by atoms with van der Waals surface area (Å²) in [6.45, 7) is 0.397. The summed E-state index contributed by atoms with van der Waals surface area (Å²) in [5.41, 5.74) is 1.04. The van der Waals surface area contributed by atoms with Crippen LogP contribution < -0.4 is 10.9 Å². The van der Waals surface area contributed by atoms with Crippen LogP contribution in [-0.4, -0.2) is 31.2 Å². The van der Waals surface area contributed by atoms with Crippen LogP contribution in [0.25, 0.3) is 17.2 Å². The van der Waals surface area contributed by atoms with E-state index in [-0.39, 0.29) is 17.2 Å². The van der Waals surface area contributed by atoms with E-state index < -0.39 is 0 Å². The highest BCUT2D eigenvalue weighted by Gasteiger charge is 2.14. The van der Waals surface area contributed by atoms with Gasteiger partial charge < -0.3 is 9.73 Å². The van der Waals surface area contributed by atoms with Crippen LogP contribution in [0.2, 0.25) is 5.02 Å². The molecule has 10 heteroatoms. The molecule has 0 bridgehead atoms. The van der Waals surface area contributed by atoms with Crippen molar-refractivity contribution in [3.63, 3.8) is 0 Å². The predicted octanol–water partition coefficient (Wildman–Crippen LogP) is 2.74. The molecule has 0 fully saturated rings. The van der Waals surface area contributed by atoms with Gasteiger partial charge in [0.25, 0.3) is 5.56 Å². The number of carbonyl (C=O) groups excluding carboxylic acids is 1. The van der Waals surface area contributed by atoms with Gasteiger partial charge in [0.1, 0.15) is 0 Å². The summed E-state index contributed by atoms with van der Waals surface area (Å²) in [5.74, 6) is 0.774. The lowest BCUT2D eigenvalue weighted by Gasteiger charge is -2.07. The fraction of sp³-hybridized carbons (Fsp3) is 0.111. The molecule has 142 valence electrons. The Morgan fingerprint density at radius 1 is 1.25 bits per heavy atom. The number of aromatic nitrogens is 4. The first kappa shape index (κ1) is 18.3. The van der Waals surface area contributed by atoms with Crippen LogP contribution in [-0.2, 0) is 11.3 Å². The molecule has 0 aliphatic carbocycles. The number of furan rings is 1. The van der Waals surface area contributed by atoms with Crippen molar-refractivity contribution in [3.8, 4) is 11.6 Å². The number of benzene rings is 1. The molecule has 2 N–H and O–H groups in total. The lowest BCUT2D eigenvalue weighted by molar-refractivity contribution is -0.118. The lowest BCUT2D eigenvalue weighted by atomic mass is 10.2. The van der Waals surface area contributed by atoms with Crippen molar-refractivity contribution in [2.75, 3.05) is 5.75 Å². The average Bonchev–Trinajstić information content (AvgIpc) is 3.34. The van der Waals surface area contributed by atoms with E-state index in [0.29, 0.717) is 34.0 Å². The van der Waals surface area contributed by atoms with E-state index in [4.69, 9.17) is 16.0 Å². The van der Waals surface area contributed by atoms with Crippen LogP contribution in [0.15, 0.2) is 63.1 Å². The lowest BCUT2D eigenvalue weighted by Crippen LogP contribution is -2.24. The summed E-state index contributed by atoms with van der Waals surface area (Å²) in [6, 6.07) is 12.1. The van der Waals surface area contributed by atoms with E-state index in [1.807, 2.05) is 12.1 Å². The Bertz CT molecular complexity index is 1170. The third-order valence-corrected chi connectivity index (χ3v) is 4.99. The molecule has 1 aromatic carbocycles. The number of thioether (sulfide) groups is 1. The molecule has 0 spiro atoms. The Labute approximate surface area is 167 Å². The molecule has 0 atom stereocenters. The Balaban J connectivity index is 1.48. The van der Waals surface area contributed by atoms with Crippen molar-refractivity contribution < 1.29 is 9.21 Å². The molecule has 0 radical (unpaired) electrons. The minimum Gasteiger partial charge on any atom is -0.461 e. The van der Waals surface area contributed by atoms with Crippen LogP contribution in [0.3, 0.4) is 0 Å². The number of amides is 1. The Hall–Kier alpha value is -3.04. The molecule has 0 saturated carbocycles. The van der Waals surface area contributed by atoms with Crippen LogP contribution in [0.1, 0.15) is 5.56 Å². The molecule has 0 saturated heterocycles. The Morgan fingerprint density at radius 2 is 2.07 bits per heavy atom. The number of halogens is 1. The standard InChI is InChI=1S/C18H14ClN5O3S/c19-12-5-3-11(4-6-12)9-20-16(26)10-28-18-22-17(13-2-1-7-27-13)21-14-8-15(25)23-24(14)18/h1-8H,9-10H2,(H,20,26)(H,23,25). The van der Waals surface area contributed by atoms with Gasteiger partial charge in [-0.2, -0.15) is 4.98 Å². The van der Waals surface area contributed by atoms with Crippen molar-refractivity contribution in [2.45, 2.75) is 11.7 Å². The number of rotatable bonds is 6. The second-order valence-electron chi connectivity index (χ2n) is 5.81. The maximum absolute atomic E-state index is 12.2. The third-order valence-electron chi connectivity index (χ3n) is 3.80. The fourth-order valence-corrected chi connectivity index (χ4v) is 3.39. The molecule has 0 unspecified atom stereocenters. The molecule has 0 aliphatic heterocycles. The quantitative estimate of drug-likeness (QED) is 0.469. The zero-order valence-corrected chi connectivity index (χ0v) is 16.0. The number of hydrogen-bond donors (Lipinski definition) is 2. The Morgan fingerprint density at radius 3 is 2.82 bits per heavy atom. The van der Waals surface area contributed by atoms with Gasteiger partial charge in [-0.05, 0) is 29.8 Å². The summed E-state index contributed by atoms with van der Waals surface area (Å²) in [6.07, 6.45) is 1.52. The molecule has 4 rings (SSSR count). The SMILES string of the molecule is O=C(CSc1nc(-c2ccco2)nc2cc(=O)[nH]n12)NCc1ccc(Cl)cc1. The minimum absolute atomic E-state index is 0.123. The first-order valence-corrected chi connectivity index (χ1v) is 9.62. The molecule has 0 aliphatic rings. The highest BCUT2D eigenvalue weighted by atomic mass is 35.5. The van der Waals surface area contributed by atoms with Gasteiger partial charge in [0.2, 0.25) is 5.91 Å². The van der Waals surface area contributed by atoms with Gasteiger partial charge in [0, 0.05) is 17.6 Å². The molecular formula is C18H14ClN5O3S. The van der Waals surface area contributed by atoms with Gasteiger partial charge in [-0.3, -0.25) is 14.7 Å². The van der Waals surface area contributed by atoms with Gasteiger partial charge in [0.05, 0.1) is 12.0 Å². The van der Waals surface area contributed by atoms with E-state index >= 15 is 0 Å². The number of hydrogen-bond acceptors (Lipinski definition) is 6. The number of fused-ring (bicyclic) bond motifs is 1. The zero-order valence-electron chi connectivity index (χ0n) is 14.4. The van der Waals surface area contributed by atoms with Gasteiger partial charge >= 0.3 is 0 Å². The molecule has 3 aromatic heterocycles. The second kappa shape index (κ2) is 7.91. The predicted molar refractivity (Wildman–Crippen MR) is 105 cm³/mol. The summed E-state index contributed by atoms with van der Waals surface area (Å²) in [5, 5.41) is 6.54. The number of aromatic amines is 1. The topological polar surface area (TPSA) is 105 Å². The van der Waals surface area contributed by atoms with Gasteiger partial charge in [-0.1, -0.05) is 35.5 Å². The Kier molecular flexibility index (Phi) is 5.18. The van der Waals surface area contributed by atoms with E-state index in [1.54, 1.807) is 24.3 Å². The van der Waals surface area contributed by atoms with Gasteiger partial charge in [-0.25, -0.2) is 9.50 Å². The van der Waals surface area contributed by atoms with Crippen molar-refractivity contribution in [1.29, 1.82) is 0 Å². The highest BCUT2D eigenvalue weighted by molar-refractivity contribution is 7.99. The van der Waals surface area contributed by atoms with Crippen LogP contribution in [0.5, 0.6) is 0 Å². The average molecular weight is 416 g/mol. The zero-order chi connectivity index (χ0) is 19.5. The summed E-state index contributed by atoms with van der Waals surface area (Å²) in [7, 11) is 0. The third kappa shape index (κ3) is 4.10. The number of nitrogens with zero attached hydrogens (tertiary/aromatic N) is 3. The summed E-state index contributed by atoms with van der Waals surface area (Å²) in [4.78, 5) is 32.6. The molecule has 28 heavy (non-hydrogen) atoms. The van der Waals surface area contributed by atoms with E-state index in [1.165, 1.54) is 28.6 Å². The van der Waals surface area contributed by atoms with Gasteiger partial charge in [-0.15, -0.1) is 0 Å².